The van der Waals surface area contributed by atoms with Gasteiger partial charge in [0.15, 0.2) is 0 Å². The maximum absolute atomic E-state index is 12.7. The predicted octanol–water partition coefficient (Wildman–Crippen LogP) is 1.55. The SMILES string of the molecule is CCCOc1ccc(S(=O)(=O)N2C[C@@H]3C[C@H]2CN3C)cc1. The van der Waals surface area contributed by atoms with E-state index in [1.54, 1.807) is 28.6 Å². The van der Waals surface area contributed by atoms with E-state index in [2.05, 4.69) is 11.9 Å². The Bertz CT molecular complexity index is 598. The van der Waals surface area contributed by atoms with Crippen molar-refractivity contribution in [3.63, 3.8) is 0 Å². The molecule has 0 radical (unpaired) electrons. The maximum Gasteiger partial charge on any atom is 0.243 e. The van der Waals surface area contributed by atoms with Crippen molar-refractivity contribution in [2.24, 2.45) is 0 Å². The number of fused-ring (bicyclic) bond motifs is 2. The number of rotatable bonds is 5. The van der Waals surface area contributed by atoms with Crippen molar-refractivity contribution in [2.45, 2.75) is 36.7 Å². The summed E-state index contributed by atoms with van der Waals surface area (Å²) in [6.45, 7) is 4.13. The van der Waals surface area contributed by atoms with Gasteiger partial charge in [-0.2, -0.15) is 4.31 Å². The van der Waals surface area contributed by atoms with E-state index < -0.39 is 10.0 Å². The lowest BCUT2D eigenvalue weighted by Crippen LogP contribution is -2.47. The fourth-order valence-corrected chi connectivity index (χ4v) is 4.85. The van der Waals surface area contributed by atoms with Crippen LogP contribution in [0.2, 0.25) is 0 Å². The fraction of sp³-hybridized carbons (Fsp3) is 0.600. The summed E-state index contributed by atoms with van der Waals surface area (Å²) < 4.78 is 32.6. The summed E-state index contributed by atoms with van der Waals surface area (Å²) in [5.41, 5.74) is 0. The average molecular weight is 310 g/mol. The molecule has 0 aliphatic carbocycles. The van der Waals surface area contributed by atoms with Crippen molar-refractivity contribution in [3.05, 3.63) is 24.3 Å². The molecular formula is C15H22N2O3S. The highest BCUT2D eigenvalue weighted by molar-refractivity contribution is 7.89. The number of hydrogen-bond acceptors (Lipinski definition) is 4. The van der Waals surface area contributed by atoms with Crippen LogP contribution in [0.3, 0.4) is 0 Å². The number of benzene rings is 1. The lowest BCUT2D eigenvalue weighted by Gasteiger charge is -2.31. The molecule has 2 heterocycles. The molecule has 1 aromatic carbocycles. The molecule has 2 bridgehead atoms. The van der Waals surface area contributed by atoms with Crippen LogP contribution in [0.4, 0.5) is 0 Å². The first kappa shape index (κ1) is 14.8. The molecule has 2 aliphatic heterocycles. The lowest BCUT2D eigenvalue weighted by atomic mass is 10.2. The Morgan fingerprint density at radius 2 is 1.90 bits per heavy atom. The van der Waals surface area contributed by atoms with Crippen molar-refractivity contribution in [3.8, 4) is 5.75 Å². The molecule has 2 fully saturated rings. The minimum Gasteiger partial charge on any atom is -0.494 e. The summed E-state index contributed by atoms with van der Waals surface area (Å²) in [5, 5.41) is 0. The predicted molar refractivity (Wildman–Crippen MR) is 80.9 cm³/mol. The van der Waals surface area contributed by atoms with Crippen molar-refractivity contribution >= 4 is 10.0 Å². The van der Waals surface area contributed by atoms with Crippen LogP contribution in [0.25, 0.3) is 0 Å². The average Bonchev–Trinajstić information content (AvgIpc) is 3.05. The van der Waals surface area contributed by atoms with Crippen LogP contribution in [0, 0.1) is 0 Å². The summed E-state index contributed by atoms with van der Waals surface area (Å²) in [7, 11) is -1.32. The lowest BCUT2D eigenvalue weighted by molar-refractivity contribution is 0.216. The Morgan fingerprint density at radius 3 is 2.43 bits per heavy atom. The van der Waals surface area contributed by atoms with E-state index in [0.717, 1.165) is 25.1 Å². The van der Waals surface area contributed by atoms with Crippen LogP contribution < -0.4 is 4.74 Å². The molecule has 0 N–H and O–H groups in total. The van der Waals surface area contributed by atoms with Gasteiger partial charge in [0.1, 0.15) is 5.75 Å². The molecule has 6 heteroatoms. The van der Waals surface area contributed by atoms with Crippen LogP contribution in [-0.2, 0) is 10.0 Å². The molecule has 0 spiro atoms. The number of sulfonamides is 1. The summed E-state index contributed by atoms with van der Waals surface area (Å²) in [6.07, 6.45) is 1.89. The summed E-state index contributed by atoms with van der Waals surface area (Å²) >= 11 is 0. The zero-order chi connectivity index (χ0) is 15.0. The van der Waals surface area contributed by atoms with Crippen LogP contribution in [0.5, 0.6) is 5.75 Å². The van der Waals surface area contributed by atoms with Gasteiger partial charge < -0.3 is 9.64 Å². The second-order valence-corrected chi connectivity index (χ2v) is 7.77. The largest absolute Gasteiger partial charge is 0.494 e. The van der Waals surface area contributed by atoms with Crippen LogP contribution >= 0.6 is 0 Å². The van der Waals surface area contributed by atoms with Crippen LogP contribution in [0.15, 0.2) is 29.2 Å². The summed E-state index contributed by atoms with van der Waals surface area (Å²) in [5.74, 6) is 0.721. The van der Waals surface area contributed by atoms with Gasteiger partial charge in [-0.1, -0.05) is 6.92 Å². The molecule has 3 rings (SSSR count). The third kappa shape index (κ3) is 2.67. The number of likely N-dealkylation sites (N-methyl/N-ethyl adjacent to an activating group) is 1. The molecule has 2 atom stereocenters. The smallest absolute Gasteiger partial charge is 0.243 e. The fourth-order valence-electron chi connectivity index (χ4n) is 3.19. The number of hydrogen-bond donors (Lipinski definition) is 0. The Morgan fingerprint density at radius 1 is 1.19 bits per heavy atom. The monoisotopic (exact) mass is 310 g/mol. The van der Waals surface area contributed by atoms with Crippen molar-refractivity contribution in [1.29, 1.82) is 0 Å². The van der Waals surface area contributed by atoms with Gasteiger partial charge in [-0.3, -0.25) is 0 Å². The number of nitrogens with zero attached hydrogens (tertiary/aromatic N) is 2. The first-order valence-corrected chi connectivity index (χ1v) is 8.91. The van der Waals surface area contributed by atoms with E-state index in [0.29, 0.717) is 24.1 Å². The van der Waals surface area contributed by atoms with Crippen molar-refractivity contribution in [2.75, 3.05) is 26.7 Å². The van der Waals surface area contributed by atoms with Gasteiger partial charge in [0.05, 0.1) is 11.5 Å². The molecule has 0 saturated carbocycles. The first-order chi connectivity index (χ1) is 10.0. The van der Waals surface area contributed by atoms with Gasteiger partial charge in [-0.25, -0.2) is 8.42 Å². The van der Waals surface area contributed by atoms with Crippen molar-refractivity contribution in [1.82, 2.24) is 9.21 Å². The quantitative estimate of drug-likeness (QED) is 0.828. The molecule has 2 saturated heterocycles. The van der Waals surface area contributed by atoms with Crippen LogP contribution in [0.1, 0.15) is 19.8 Å². The topological polar surface area (TPSA) is 49.9 Å². The normalized spacial score (nSPS) is 26.4. The zero-order valence-electron chi connectivity index (χ0n) is 12.5. The highest BCUT2D eigenvalue weighted by atomic mass is 32.2. The van der Waals surface area contributed by atoms with E-state index in [-0.39, 0.29) is 6.04 Å². The van der Waals surface area contributed by atoms with E-state index in [9.17, 15) is 8.42 Å². The Balaban J connectivity index is 1.76. The third-order valence-electron chi connectivity index (χ3n) is 4.37. The van der Waals surface area contributed by atoms with Gasteiger partial charge in [-0.05, 0) is 44.2 Å². The zero-order valence-corrected chi connectivity index (χ0v) is 13.3. The highest BCUT2D eigenvalue weighted by Crippen LogP contribution is 2.34. The minimum atomic E-state index is -3.38. The van der Waals surface area contributed by atoms with Crippen LogP contribution in [-0.4, -0.2) is 56.5 Å². The standard InChI is InChI=1S/C15H22N2O3S/c1-3-8-20-14-4-6-15(7-5-14)21(18,19)17-11-12-9-13(17)10-16(12)2/h4-7,12-13H,3,8-11H2,1-2H3/t12-,13-/m0/s1. The highest BCUT2D eigenvalue weighted by Gasteiger charge is 2.46. The Labute approximate surface area is 126 Å². The maximum atomic E-state index is 12.7. The number of ether oxygens (including phenoxy) is 1. The molecule has 2 aliphatic rings. The molecule has 116 valence electrons. The number of likely N-dealkylation sites (tertiary alicyclic amines) is 1. The van der Waals surface area contributed by atoms with E-state index >= 15 is 0 Å². The molecule has 0 aromatic heterocycles. The van der Waals surface area contributed by atoms with Gasteiger partial charge >= 0.3 is 0 Å². The summed E-state index contributed by atoms with van der Waals surface area (Å²) in [6, 6.07) is 7.27. The first-order valence-electron chi connectivity index (χ1n) is 7.47. The minimum absolute atomic E-state index is 0.126. The van der Waals surface area contributed by atoms with E-state index in [1.807, 2.05) is 6.92 Å². The second-order valence-electron chi connectivity index (χ2n) is 5.88. The molecule has 1 aromatic rings. The van der Waals surface area contributed by atoms with Gasteiger partial charge in [0.25, 0.3) is 0 Å². The number of piperazine rings is 1. The molecule has 0 amide bonds. The Kier molecular flexibility index (Phi) is 3.94. The summed E-state index contributed by atoms with van der Waals surface area (Å²) in [4.78, 5) is 2.61. The van der Waals surface area contributed by atoms with Gasteiger partial charge in [0.2, 0.25) is 10.0 Å². The Hall–Kier alpha value is -1.11. The van der Waals surface area contributed by atoms with E-state index in [4.69, 9.17) is 4.74 Å². The molecular weight excluding hydrogens is 288 g/mol. The van der Waals surface area contributed by atoms with Crippen molar-refractivity contribution < 1.29 is 13.2 Å². The van der Waals surface area contributed by atoms with Gasteiger partial charge in [-0.15, -0.1) is 0 Å². The second kappa shape index (κ2) is 5.59. The van der Waals surface area contributed by atoms with E-state index in [1.165, 1.54) is 0 Å². The van der Waals surface area contributed by atoms with Gasteiger partial charge in [0, 0.05) is 25.2 Å². The molecule has 5 nitrogen and oxygen atoms in total. The third-order valence-corrected chi connectivity index (χ3v) is 6.30. The molecule has 0 unspecified atom stereocenters. The molecule has 21 heavy (non-hydrogen) atoms.